The van der Waals surface area contributed by atoms with E-state index in [0.29, 0.717) is 18.3 Å². The zero-order valence-electron chi connectivity index (χ0n) is 8.01. The Morgan fingerprint density at radius 3 is 2.50 bits per heavy atom. The highest BCUT2D eigenvalue weighted by atomic mass is 16.5. The van der Waals surface area contributed by atoms with E-state index in [1.807, 2.05) is 13.8 Å². The lowest BCUT2D eigenvalue weighted by atomic mass is 9.80. The summed E-state index contributed by atoms with van der Waals surface area (Å²) >= 11 is 0. The van der Waals surface area contributed by atoms with Crippen LogP contribution in [0.1, 0.15) is 39.5 Å². The molecule has 0 amide bonds. The molecule has 2 nitrogen and oxygen atoms in total. The highest BCUT2D eigenvalue weighted by molar-refractivity contribution is 5.86. The van der Waals surface area contributed by atoms with Gasteiger partial charge in [-0.05, 0) is 26.2 Å². The van der Waals surface area contributed by atoms with Crippen molar-refractivity contribution >= 4 is 5.78 Å². The predicted octanol–water partition coefficient (Wildman–Crippen LogP) is 2.17. The van der Waals surface area contributed by atoms with Gasteiger partial charge in [-0.25, -0.2) is 0 Å². The quantitative estimate of drug-likeness (QED) is 0.632. The van der Waals surface area contributed by atoms with Gasteiger partial charge in [-0.15, -0.1) is 0 Å². The van der Waals surface area contributed by atoms with E-state index in [1.165, 1.54) is 6.42 Å². The molecular weight excluding hydrogens is 152 g/mol. The summed E-state index contributed by atoms with van der Waals surface area (Å²) in [5.41, 5.74) is 0. The van der Waals surface area contributed by atoms with Gasteiger partial charge in [0.1, 0.15) is 6.10 Å². The summed E-state index contributed by atoms with van der Waals surface area (Å²) in [7, 11) is 0. The summed E-state index contributed by atoms with van der Waals surface area (Å²) in [5, 5.41) is 0. The molecule has 1 aliphatic carbocycles. The molecule has 1 rings (SSSR count). The van der Waals surface area contributed by atoms with Gasteiger partial charge in [-0.2, -0.15) is 0 Å². The second kappa shape index (κ2) is 4.61. The Hall–Kier alpha value is -0.370. The van der Waals surface area contributed by atoms with E-state index in [0.717, 1.165) is 19.3 Å². The van der Waals surface area contributed by atoms with Crippen LogP contribution in [0, 0.1) is 5.92 Å². The highest BCUT2D eigenvalue weighted by Crippen LogP contribution is 2.29. The van der Waals surface area contributed by atoms with Crippen molar-refractivity contribution in [3.8, 4) is 0 Å². The molecule has 1 fully saturated rings. The standard InChI is InChI=1S/C10H18O2/c1-3-9(12-4-2)10(11)8-6-5-7-8/h8-9H,3-7H2,1-2H3. The molecule has 0 aliphatic heterocycles. The molecule has 0 heterocycles. The third-order valence-electron chi connectivity index (χ3n) is 2.56. The van der Waals surface area contributed by atoms with Crippen LogP contribution >= 0.6 is 0 Å². The summed E-state index contributed by atoms with van der Waals surface area (Å²) in [4.78, 5) is 11.6. The van der Waals surface area contributed by atoms with E-state index < -0.39 is 0 Å². The van der Waals surface area contributed by atoms with Gasteiger partial charge in [0, 0.05) is 12.5 Å². The maximum Gasteiger partial charge on any atom is 0.164 e. The Bertz CT molecular complexity index is 150. The first-order valence-corrected chi connectivity index (χ1v) is 4.94. The Balaban J connectivity index is 2.35. The first-order valence-electron chi connectivity index (χ1n) is 4.94. The van der Waals surface area contributed by atoms with Crippen LogP contribution in [0.3, 0.4) is 0 Å². The third-order valence-corrected chi connectivity index (χ3v) is 2.56. The Morgan fingerprint density at radius 2 is 2.17 bits per heavy atom. The molecule has 0 N–H and O–H groups in total. The van der Waals surface area contributed by atoms with Gasteiger partial charge in [0.25, 0.3) is 0 Å². The summed E-state index contributed by atoms with van der Waals surface area (Å²) in [6.07, 6.45) is 4.09. The van der Waals surface area contributed by atoms with Crippen molar-refractivity contribution in [1.82, 2.24) is 0 Å². The molecule has 0 saturated heterocycles. The first kappa shape index (κ1) is 9.72. The lowest BCUT2D eigenvalue weighted by Crippen LogP contribution is -2.33. The minimum atomic E-state index is -0.125. The minimum absolute atomic E-state index is 0.125. The molecule has 70 valence electrons. The average molecular weight is 170 g/mol. The van der Waals surface area contributed by atoms with Crippen molar-refractivity contribution in [2.75, 3.05) is 6.61 Å². The van der Waals surface area contributed by atoms with Crippen molar-refractivity contribution in [3.05, 3.63) is 0 Å². The van der Waals surface area contributed by atoms with Crippen LogP contribution in [0.5, 0.6) is 0 Å². The van der Waals surface area contributed by atoms with Crippen molar-refractivity contribution < 1.29 is 9.53 Å². The van der Waals surface area contributed by atoms with Gasteiger partial charge < -0.3 is 4.74 Å². The van der Waals surface area contributed by atoms with E-state index in [2.05, 4.69) is 0 Å². The van der Waals surface area contributed by atoms with Crippen molar-refractivity contribution in [1.29, 1.82) is 0 Å². The van der Waals surface area contributed by atoms with Crippen LogP contribution < -0.4 is 0 Å². The third kappa shape index (κ3) is 2.07. The molecule has 0 aromatic carbocycles. The molecule has 0 aromatic heterocycles. The lowest BCUT2D eigenvalue weighted by Gasteiger charge is -2.27. The number of hydrogen-bond acceptors (Lipinski definition) is 2. The number of rotatable bonds is 5. The smallest absolute Gasteiger partial charge is 0.164 e. The van der Waals surface area contributed by atoms with Gasteiger partial charge in [-0.1, -0.05) is 13.3 Å². The Kier molecular flexibility index (Phi) is 3.73. The Morgan fingerprint density at radius 1 is 1.50 bits per heavy atom. The molecule has 0 bridgehead atoms. The monoisotopic (exact) mass is 170 g/mol. The second-order valence-electron chi connectivity index (χ2n) is 3.38. The van der Waals surface area contributed by atoms with Gasteiger partial charge in [0.05, 0.1) is 0 Å². The van der Waals surface area contributed by atoms with Crippen LogP contribution in [0.25, 0.3) is 0 Å². The zero-order valence-corrected chi connectivity index (χ0v) is 8.01. The second-order valence-corrected chi connectivity index (χ2v) is 3.38. The topological polar surface area (TPSA) is 26.3 Å². The molecule has 1 saturated carbocycles. The molecule has 0 radical (unpaired) electrons. The number of carbonyl (C=O) groups excluding carboxylic acids is 1. The van der Waals surface area contributed by atoms with E-state index in [1.54, 1.807) is 0 Å². The van der Waals surface area contributed by atoms with Crippen molar-refractivity contribution in [3.63, 3.8) is 0 Å². The number of Topliss-reactive ketones (excluding diaryl/α,β-unsaturated/α-hetero) is 1. The molecule has 12 heavy (non-hydrogen) atoms. The maximum atomic E-state index is 11.6. The number of carbonyl (C=O) groups is 1. The molecular formula is C10H18O2. The summed E-state index contributed by atoms with van der Waals surface area (Å²) in [6, 6.07) is 0. The number of hydrogen-bond donors (Lipinski definition) is 0. The van der Waals surface area contributed by atoms with Gasteiger partial charge in [0.15, 0.2) is 5.78 Å². The fraction of sp³-hybridized carbons (Fsp3) is 0.900. The van der Waals surface area contributed by atoms with Gasteiger partial charge >= 0.3 is 0 Å². The van der Waals surface area contributed by atoms with Crippen molar-refractivity contribution in [2.45, 2.75) is 45.6 Å². The van der Waals surface area contributed by atoms with Gasteiger partial charge in [-0.3, -0.25) is 4.79 Å². The van der Waals surface area contributed by atoms with E-state index in [-0.39, 0.29) is 6.10 Å². The minimum Gasteiger partial charge on any atom is -0.371 e. The fourth-order valence-corrected chi connectivity index (χ4v) is 1.56. The average Bonchev–Trinajstić information content (AvgIpc) is 1.96. The predicted molar refractivity (Wildman–Crippen MR) is 48.1 cm³/mol. The molecule has 1 aliphatic rings. The van der Waals surface area contributed by atoms with Crippen molar-refractivity contribution in [2.24, 2.45) is 5.92 Å². The lowest BCUT2D eigenvalue weighted by molar-refractivity contribution is -0.137. The largest absolute Gasteiger partial charge is 0.371 e. The summed E-state index contributed by atoms with van der Waals surface area (Å²) in [6.45, 7) is 4.60. The molecule has 1 unspecified atom stereocenters. The van der Waals surface area contributed by atoms with E-state index in [4.69, 9.17) is 4.74 Å². The molecule has 1 atom stereocenters. The van der Waals surface area contributed by atoms with E-state index >= 15 is 0 Å². The molecule has 2 heteroatoms. The SMILES string of the molecule is CCOC(CC)C(=O)C1CCC1. The molecule has 0 aromatic rings. The summed E-state index contributed by atoms with van der Waals surface area (Å²) in [5.74, 6) is 0.659. The fourth-order valence-electron chi connectivity index (χ4n) is 1.56. The maximum absolute atomic E-state index is 11.6. The van der Waals surface area contributed by atoms with E-state index in [9.17, 15) is 4.79 Å². The summed E-state index contributed by atoms with van der Waals surface area (Å²) < 4.78 is 5.36. The van der Waals surface area contributed by atoms with Gasteiger partial charge in [0.2, 0.25) is 0 Å². The van der Waals surface area contributed by atoms with Crippen LogP contribution in [0.4, 0.5) is 0 Å². The number of ketones is 1. The molecule has 0 spiro atoms. The van der Waals surface area contributed by atoms with Crippen LogP contribution in [0.15, 0.2) is 0 Å². The highest BCUT2D eigenvalue weighted by Gasteiger charge is 2.30. The number of ether oxygens (including phenoxy) is 1. The normalized spacial score (nSPS) is 20.2. The zero-order chi connectivity index (χ0) is 8.97. The van der Waals surface area contributed by atoms with Crippen LogP contribution in [-0.2, 0) is 9.53 Å². The van der Waals surface area contributed by atoms with Crippen LogP contribution in [0.2, 0.25) is 0 Å². The Labute approximate surface area is 74.3 Å². The van der Waals surface area contributed by atoms with Crippen LogP contribution in [-0.4, -0.2) is 18.5 Å². The first-order chi connectivity index (χ1) is 5.79.